The van der Waals surface area contributed by atoms with Gasteiger partial charge in [-0.25, -0.2) is 4.79 Å². The van der Waals surface area contributed by atoms with Crippen LogP contribution in [0.4, 0.5) is 31.1 Å². The summed E-state index contributed by atoms with van der Waals surface area (Å²) in [6, 6.07) is 19.7. The quantitative estimate of drug-likeness (QED) is 0.206. The summed E-state index contributed by atoms with van der Waals surface area (Å²) in [5.74, 6) is -1.38. The van der Waals surface area contributed by atoms with Crippen LogP contribution in [0.5, 0.6) is 0 Å². The Kier molecular flexibility index (Phi) is 10.6. The highest BCUT2D eigenvalue weighted by atomic mass is 19.4. The van der Waals surface area contributed by atoms with E-state index in [2.05, 4.69) is 5.32 Å². The second-order valence-corrected chi connectivity index (χ2v) is 10.4. The number of carbonyl (C=O) groups is 2. The molecule has 2 atom stereocenters. The van der Waals surface area contributed by atoms with Crippen LogP contribution in [0.2, 0.25) is 0 Å². The molecule has 0 aromatic heterocycles. The number of benzene rings is 3. The highest BCUT2D eigenvalue weighted by Gasteiger charge is 2.40. The van der Waals surface area contributed by atoms with Crippen LogP contribution < -0.4 is 5.32 Å². The summed E-state index contributed by atoms with van der Waals surface area (Å²) < 4.78 is 91.8. The smallest absolute Gasteiger partial charge is 0.416 e. The molecule has 44 heavy (non-hydrogen) atoms. The van der Waals surface area contributed by atoms with Crippen molar-refractivity contribution in [1.29, 1.82) is 0 Å². The Hall–Kier alpha value is -4.06. The molecular weight excluding hydrogens is 590 g/mol. The van der Waals surface area contributed by atoms with Crippen LogP contribution in [-0.4, -0.2) is 49.2 Å². The molecule has 4 rings (SSSR count). The van der Waals surface area contributed by atoms with Crippen molar-refractivity contribution >= 4 is 12.0 Å². The van der Waals surface area contributed by atoms with Gasteiger partial charge in [-0.3, -0.25) is 4.79 Å². The minimum absolute atomic E-state index is 0.0839. The molecule has 2 amide bonds. The monoisotopic (exact) mass is 622 g/mol. The predicted octanol–water partition coefficient (Wildman–Crippen LogP) is 7.04. The number of carbonyl (C=O) groups excluding carboxylic acids is 2. The standard InChI is InChI=1S/C32H32F6N2O4/c1-2-43-28(41)18-39-30(42)40-14-13-27(44-20-21-15-24(31(33,34)35)17-25(16-21)32(36,37)38)26(19-40)29(22-9-5-3-6-10-22)23-11-7-4-8-12-23/h3-12,15-17,26-27,29H,2,13-14,18-20H2,1H3,(H,39,42)/t26-,27+/m1/s1. The summed E-state index contributed by atoms with van der Waals surface area (Å²) in [5, 5.41) is 2.55. The van der Waals surface area contributed by atoms with E-state index in [0.717, 1.165) is 11.1 Å². The number of ether oxygens (including phenoxy) is 2. The topological polar surface area (TPSA) is 67.9 Å². The van der Waals surface area contributed by atoms with Crippen molar-refractivity contribution in [3.05, 3.63) is 107 Å². The molecule has 0 bridgehead atoms. The number of esters is 1. The number of likely N-dealkylation sites (tertiary alicyclic amines) is 1. The molecule has 1 fully saturated rings. The molecule has 0 unspecified atom stereocenters. The van der Waals surface area contributed by atoms with Crippen LogP contribution in [0, 0.1) is 5.92 Å². The van der Waals surface area contributed by atoms with Gasteiger partial charge in [0.05, 0.1) is 30.4 Å². The first-order chi connectivity index (χ1) is 20.9. The van der Waals surface area contributed by atoms with E-state index in [4.69, 9.17) is 9.47 Å². The molecule has 1 aliphatic rings. The lowest BCUT2D eigenvalue weighted by Crippen LogP contribution is -2.52. The molecule has 0 aliphatic carbocycles. The van der Waals surface area contributed by atoms with Gasteiger partial charge in [-0.05, 0) is 48.2 Å². The van der Waals surface area contributed by atoms with E-state index in [-0.39, 0.29) is 50.2 Å². The van der Waals surface area contributed by atoms with Gasteiger partial charge in [-0.2, -0.15) is 26.3 Å². The number of urea groups is 1. The molecule has 0 saturated carbocycles. The van der Waals surface area contributed by atoms with Crippen LogP contribution in [0.1, 0.15) is 47.1 Å². The van der Waals surface area contributed by atoms with E-state index < -0.39 is 54.1 Å². The van der Waals surface area contributed by atoms with Crippen LogP contribution in [0.3, 0.4) is 0 Å². The number of alkyl halides is 6. The minimum atomic E-state index is -4.98. The van der Waals surface area contributed by atoms with E-state index in [1.807, 2.05) is 60.7 Å². The average Bonchev–Trinajstić information content (AvgIpc) is 2.99. The van der Waals surface area contributed by atoms with Gasteiger partial charge in [0.2, 0.25) is 0 Å². The Labute approximate surface area is 251 Å². The van der Waals surface area contributed by atoms with E-state index in [0.29, 0.717) is 12.1 Å². The number of rotatable bonds is 9. The molecule has 3 aromatic rings. The van der Waals surface area contributed by atoms with Crippen LogP contribution in [0.25, 0.3) is 0 Å². The molecule has 1 heterocycles. The van der Waals surface area contributed by atoms with Crippen molar-refractivity contribution in [2.24, 2.45) is 5.92 Å². The number of nitrogens with one attached hydrogen (secondary N) is 1. The Balaban J connectivity index is 1.65. The first-order valence-corrected chi connectivity index (χ1v) is 14.0. The van der Waals surface area contributed by atoms with Gasteiger partial charge in [-0.15, -0.1) is 0 Å². The van der Waals surface area contributed by atoms with Crippen molar-refractivity contribution in [3.63, 3.8) is 0 Å². The van der Waals surface area contributed by atoms with Crippen molar-refractivity contribution in [1.82, 2.24) is 10.2 Å². The lowest BCUT2D eigenvalue weighted by atomic mass is 9.75. The number of hydrogen-bond acceptors (Lipinski definition) is 4. The summed E-state index contributed by atoms with van der Waals surface area (Å²) >= 11 is 0. The summed E-state index contributed by atoms with van der Waals surface area (Å²) in [5.41, 5.74) is -1.31. The molecule has 12 heteroatoms. The lowest BCUT2D eigenvalue weighted by molar-refractivity contribution is -0.144. The molecule has 0 radical (unpaired) electrons. The van der Waals surface area contributed by atoms with Crippen LogP contribution >= 0.6 is 0 Å². The van der Waals surface area contributed by atoms with Gasteiger partial charge in [0.1, 0.15) is 6.54 Å². The fourth-order valence-electron chi connectivity index (χ4n) is 5.46. The van der Waals surface area contributed by atoms with Crippen molar-refractivity contribution in [2.45, 2.75) is 44.3 Å². The summed E-state index contributed by atoms with van der Waals surface area (Å²) in [7, 11) is 0. The summed E-state index contributed by atoms with van der Waals surface area (Å²) in [6.07, 6.45) is -10.4. The fourth-order valence-corrected chi connectivity index (χ4v) is 5.46. The fraction of sp³-hybridized carbons (Fsp3) is 0.375. The van der Waals surface area contributed by atoms with Gasteiger partial charge in [0, 0.05) is 24.9 Å². The highest BCUT2D eigenvalue weighted by molar-refractivity contribution is 5.81. The molecule has 1 saturated heterocycles. The maximum Gasteiger partial charge on any atom is 0.416 e. The molecule has 1 N–H and O–H groups in total. The predicted molar refractivity (Wildman–Crippen MR) is 149 cm³/mol. The normalized spacial score (nSPS) is 17.4. The summed E-state index contributed by atoms with van der Waals surface area (Å²) in [4.78, 5) is 26.4. The third kappa shape index (κ3) is 8.52. The number of amides is 2. The number of hydrogen-bond donors (Lipinski definition) is 1. The lowest BCUT2D eigenvalue weighted by Gasteiger charge is -2.42. The molecular formula is C32H32F6N2O4. The van der Waals surface area contributed by atoms with Crippen molar-refractivity contribution < 1.29 is 45.4 Å². The van der Waals surface area contributed by atoms with E-state index in [9.17, 15) is 35.9 Å². The molecule has 6 nitrogen and oxygen atoms in total. The maximum absolute atomic E-state index is 13.5. The van der Waals surface area contributed by atoms with Crippen LogP contribution in [-0.2, 0) is 33.2 Å². The molecule has 0 spiro atoms. The zero-order valence-corrected chi connectivity index (χ0v) is 23.8. The van der Waals surface area contributed by atoms with E-state index in [1.54, 1.807) is 6.92 Å². The second kappa shape index (κ2) is 14.1. The third-order valence-corrected chi connectivity index (χ3v) is 7.43. The number of piperidine rings is 1. The third-order valence-electron chi connectivity index (χ3n) is 7.43. The first-order valence-electron chi connectivity index (χ1n) is 14.0. The zero-order valence-electron chi connectivity index (χ0n) is 23.8. The van der Waals surface area contributed by atoms with Gasteiger partial charge in [-0.1, -0.05) is 60.7 Å². The average molecular weight is 623 g/mol. The summed E-state index contributed by atoms with van der Waals surface area (Å²) in [6.45, 7) is 1.30. The molecule has 1 aliphatic heterocycles. The van der Waals surface area contributed by atoms with Gasteiger partial charge < -0.3 is 19.7 Å². The van der Waals surface area contributed by atoms with E-state index in [1.165, 1.54) is 4.90 Å². The van der Waals surface area contributed by atoms with Crippen LogP contribution in [0.15, 0.2) is 78.9 Å². The second-order valence-electron chi connectivity index (χ2n) is 10.4. The Bertz CT molecular complexity index is 1330. The van der Waals surface area contributed by atoms with Crippen molar-refractivity contribution in [2.75, 3.05) is 26.2 Å². The van der Waals surface area contributed by atoms with Gasteiger partial charge in [0.25, 0.3) is 0 Å². The molecule has 236 valence electrons. The first kappa shape index (κ1) is 32.8. The minimum Gasteiger partial charge on any atom is -0.465 e. The number of halogens is 6. The Morgan fingerprint density at radius 3 is 1.93 bits per heavy atom. The Morgan fingerprint density at radius 2 is 1.43 bits per heavy atom. The van der Waals surface area contributed by atoms with E-state index >= 15 is 0 Å². The van der Waals surface area contributed by atoms with Gasteiger partial charge in [0.15, 0.2) is 0 Å². The SMILES string of the molecule is CCOC(=O)CNC(=O)N1CC[C@H](OCc2cc(C(F)(F)F)cc(C(F)(F)F)c2)[C@H](C(c2ccccc2)c2ccccc2)C1. The van der Waals surface area contributed by atoms with Gasteiger partial charge >= 0.3 is 24.4 Å². The maximum atomic E-state index is 13.5. The zero-order chi connectivity index (χ0) is 31.9. The Morgan fingerprint density at radius 1 is 0.886 bits per heavy atom. The highest BCUT2D eigenvalue weighted by Crippen LogP contribution is 2.40. The molecule has 3 aromatic carbocycles. The van der Waals surface area contributed by atoms with Crippen molar-refractivity contribution in [3.8, 4) is 0 Å². The number of nitrogens with zero attached hydrogens (tertiary/aromatic N) is 1. The largest absolute Gasteiger partial charge is 0.465 e.